The lowest BCUT2D eigenvalue weighted by atomic mass is 10.2. The Labute approximate surface area is 172 Å². The first kappa shape index (κ1) is 18.7. The van der Waals surface area contributed by atoms with Crippen LogP contribution >= 0.6 is 11.3 Å². The van der Waals surface area contributed by atoms with Crippen LogP contribution in [0.5, 0.6) is 5.75 Å². The predicted molar refractivity (Wildman–Crippen MR) is 115 cm³/mol. The van der Waals surface area contributed by atoms with Crippen molar-refractivity contribution in [2.75, 3.05) is 5.32 Å². The van der Waals surface area contributed by atoms with Gasteiger partial charge in [-0.1, -0.05) is 24.3 Å². The smallest absolute Gasteiger partial charge is 0.265 e. The topological polar surface area (TPSA) is 75.0 Å². The molecule has 1 unspecified atom stereocenters. The van der Waals surface area contributed by atoms with Crippen LogP contribution in [-0.4, -0.2) is 17.0 Å². The van der Waals surface area contributed by atoms with Crippen LogP contribution in [0.2, 0.25) is 0 Å². The number of aromatic nitrogens is 1. The SMILES string of the molecule is CC(Oc1ccc(C#N)cc1)C(=O)Nc1cccc(-c2nc3ccccc3s2)c1. The molecule has 0 aliphatic heterocycles. The summed E-state index contributed by atoms with van der Waals surface area (Å²) < 4.78 is 6.80. The van der Waals surface area contributed by atoms with Crippen LogP contribution in [0.3, 0.4) is 0 Å². The van der Waals surface area contributed by atoms with Crippen molar-refractivity contribution < 1.29 is 9.53 Å². The number of rotatable bonds is 5. The average Bonchev–Trinajstić information content (AvgIpc) is 3.19. The third-order valence-corrected chi connectivity index (χ3v) is 5.42. The predicted octanol–water partition coefficient (Wildman–Crippen LogP) is 5.24. The van der Waals surface area contributed by atoms with E-state index < -0.39 is 6.10 Å². The molecule has 5 nitrogen and oxygen atoms in total. The number of para-hydroxylation sites is 1. The molecule has 4 rings (SSSR count). The molecule has 0 radical (unpaired) electrons. The zero-order valence-electron chi connectivity index (χ0n) is 15.6. The number of nitrogens with one attached hydrogen (secondary N) is 1. The van der Waals surface area contributed by atoms with E-state index in [1.165, 1.54) is 0 Å². The van der Waals surface area contributed by atoms with E-state index in [1.807, 2.05) is 48.5 Å². The minimum atomic E-state index is -0.686. The maximum atomic E-state index is 12.5. The number of hydrogen-bond acceptors (Lipinski definition) is 5. The van der Waals surface area contributed by atoms with Gasteiger partial charge in [0.1, 0.15) is 10.8 Å². The number of thiazole rings is 1. The van der Waals surface area contributed by atoms with E-state index in [-0.39, 0.29) is 5.91 Å². The molecule has 4 aromatic rings. The van der Waals surface area contributed by atoms with Crippen LogP contribution in [-0.2, 0) is 4.79 Å². The van der Waals surface area contributed by atoms with Crippen LogP contribution in [0.1, 0.15) is 12.5 Å². The molecule has 0 aliphatic rings. The van der Waals surface area contributed by atoms with Gasteiger partial charge < -0.3 is 10.1 Å². The van der Waals surface area contributed by atoms with Crippen LogP contribution in [0.25, 0.3) is 20.8 Å². The Hall–Kier alpha value is -3.69. The summed E-state index contributed by atoms with van der Waals surface area (Å²) >= 11 is 1.62. The molecule has 0 aliphatic carbocycles. The van der Waals surface area contributed by atoms with Gasteiger partial charge in [-0.05, 0) is 55.5 Å². The van der Waals surface area contributed by atoms with E-state index in [2.05, 4.69) is 16.4 Å². The summed E-state index contributed by atoms with van der Waals surface area (Å²) in [6, 6.07) is 24.3. The fourth-order valence-electron chi connectivity index (χ4n) is 2.84. The van der Waals surface area contributed by atoms with Crippen molar-refractivity contribution in [3.8, 4) is 22.4 Å². The standard InChI is InChI=1S/C23H17N3O2S/c1-15(28-19-11-9-16(14-24)10-12-19)22(27)25-18-6-4-5-17(13-18)23-26-20-7-2-3-8-21(20)29-23/h2-13,15H,1H3,(H,25,27). The van der Waals surface area contributed by atoms with E-state index in [0.29, 0.717) is 17.0 Å². The lowest BCUT2D eigenvalue weighted by molar-refractivity contribution is -0.122. The number of hydrogen-bond donors (Lipinski definition) is 1. The Kier molecular flexibility index (Phi) is 5.23. The van der Waals surface area contributed by atoms with Crippen molar-refractivity contribution in [1.29, 1.82) is 5.26 Å². The molecular formula is C23H17N3O2S. The molecule has 1 N–H and O–H groups in total. The third-order valence-electron chi connectivity index (χ3n) is 4.34. The van der Waals surface area contributed by atoms with Gasteiger partial charge in [0.05, 0.1) is 21.8 Å². The first-order chi connectivity index (χ1) is 14.1. The van der Waals surface area contributed by atoms with Crippen molar-refractivity contribution >= 4 is 33.1 Å². The number of amides is 1. The van der Waals surface area contributed by atoms with Crippen molar-refractivity contribution in [2.24, 2.45) is 0 Å². The molecule has 1 amide bonds. The second kappa shape index (κ2) is 8.13. The number of carbonyl (C=O) groups excluding carboxylic acids is 1. The van der Waals surface area contributed by atoms with Crippen molar-refractivity contribution in [3.05, 3.63) is 78.4 Å². The van der Waals surface area contributed by atoms with Gasteiger partial charge >= 0.3 is 0 Å². The summed E-state index contributed by atoms with van der Waals surface area (Å²) in [4.78, 5) is 17.2. The van der Waals surface area contributed by atoms with Crippen molar-refractivity contribution in [3.63, 3.8) is 0 Å². The summed E-state index contributed by atoms with van der Waals surface area (Å²) in [7, 11) is 0. The third kappa shape index (κ3) is 4.26. The summed E-state index contributed by atoms with van der Waals surface area (Å²) in [5, 5.41) is 12.6. The van der Waals surface area contributed by atoms with Gasteiger partial charge in [-0.3, -0.25) is 4.79 Å². The minimum Gasteiger partial charge on any atom is -0.481 e. The Bertz CT molecular complexity index is 1180. The number of carbonyl (C=O) groups is 1. The van der Waals surface area contributed by atoms with Gasteiger partial charge in [-0.2, -0.15) is 5.26 Å². The maximum Gasteiger partial charge on any atom is 0.265 e. The number of nitriles is 1. The van der Waals surface area contributed by atoms with Crippen molar-refractivity contribution in [2.45, 2.75) is 13.0 Å². The van der Waals surface area contributed by atoms with Crippen LogP contribution in [0, 0.1) is 11.3 Å². The molecule has 6 heteroatoms. The van der Waals surface area contributed by atoms with Crippen LogP contribution in [0.15, 0.2) is 72.8 Å². The highest BCUT2D eigenvalue weighted by Crippen LogP contribution is 2.31. The molecule has 0 fully saturated rings. The molecular weight excluding hydrogens is 382 g/mol. The van der Waals surface area contributed by atoms with Gasteiger partial charge in [0.2, 0.25) is 0 Å². The minimum absolute atomic E-state index is 0.254. The summed E-state index contributed by atoms with van der Waals surface area (Å²) in [6.07, 6.45) is -0.686. The first-order valence-electron chi connectivity index (χ1n) is 9.06. The normalized spacial score (nSPS) is 11.6. The number of fused-ring (bicyclic) bond motifs is 1. The molecule has 3 aromatic carbocycles. The van der Waals surface area contributed by atoms with E-state index in [0.717, 1.165) is 20.8 Å². The van der Waals surface area contributed by atoms with Crippen LogP contribution in [0.4, 0.5) is 5.69 Å². The molecule has 1 atom stereocenters. The molecule has 0 bridgehead atoms. The number of benzene rings is 3. The van der Waals surface area contributed by atoms with Crippen molar-refractivity contribution in [1.82, 2.24) is 4.98 Å². The van der Waals surface area contributed by atoms with Gasteiger partial charge in [0, 0.05) is 11.3 Å². The highest BCUT2D eigenvalue weighted by Gasteiger charge is 2.15. The van der Waals surface area contributed by atoms with Gasteiger partial charge in [0.15, 0.2) is 6.10 Å². The second-order valence-electron chi connectivity index (χ2n) is 6.45. The van der Waals surface area contributed by atoms with E-state index in [4.69, 9.17) is 10.00 Å². The summed E-state index contributed by atoms with van der Waals surface area (Å²) in [6.45, 7) is 1.69. The maximum absolute atomic E-state index is 12.5. The molecule has 29 heavy (non-hydrogen) atoms. The van der Waals surface area contributed by atoms with E-state index >= 15 is 0 Å². The van der Waals surface area contributed by atoms with E-state index in [1.54, 1.807) is 42.5 Å². The fraction of sp³-hybridized carbons (Fsp3) is 0.0870. The highest BCUT2D eigenvalue weighted by molar-refractivity contribution is 7.21. The summed E-state index contributed by atoms with van der Waals surface area (Å²) in [5.41, 5.74) is 3.14. The molecule has 0 saturated heterocycles. The zero-order valence-corrected chi connectivity index (χ0v) is 16.4. The molecule has 1 heterocycles. The fourth-order valence-corrected chi connectivity index (χ4v) is 3.80. The Morgan fingerprint density at radius 1 is 1.10 bits per heavy atom. The zero-order chi connectivity index (χ0) is 20.2. The second-order valence-corrected chi connectivity index (χ2v) is 7.48. The first-order valence-corrected chi connectivity index (χ1v) is 9.88. The molecule has 1 aromatic heterocycles. The largest absolute Gasteiger partial charge is 0.481 e. The van der Waals surface area contributed by atoms with Crippen LogP contribution < -0.4 is 10.1 Å². The molecule has 142 valence electrons. The Morgan fingerprint density at radius 2 is 1.90 bits per heavy atom. The molecule has 0 saturated carbocycles. The van der Waals surface area contributed by atoms with Gasteiger partial charge in [-0.15, -0.1) is 11.3 Å². The Morgan fingerprint density at radius 3 is 2.66 bits per heavy atom. The van der Waals surface area contributed by atoms with E-state index in [9.17, 15) is 4.79 Å². The Balaban J connectivity index is 1.46. The number of anilines is 1. The monoisotopic (exact) mass is 399 g/mol. The van der Waals surface area contributed by atoms with Gasteiger partial charge in [-0.25, -0.2) is 4.98 Å². The lowest BCUT2D eigenvalue weighted by Crippen LogP contribution is -2.30. The highest BCUT2D eigenvalue weighted by atomic mass is 32.1. The average molecular weight is 399 g/mol. The summed E-state index contributed by atoms with van der Waals surface area (Å²) in [5.74, 6) is 0.283. The number of nitrogens with zero attached hydrogens (tertiary/aromatic N) is 2. The van der Waals surface area contributed by atoms with Gasteiger partial charge in [0.25, 0.3) is 5.91 Å². The molecule has 0 spiro atoms. The quantitative estimate of drug-likeness (QED) is 0.498. The lowest BCUT2D eigenvalue weighted by Gasteiger charge is -2.15. The number of ether oxygens (including phenoxy) is 1.